The number of hydrogen-bond donors (Lipinski definition) is 1. The molecule has 0 saturated carbocycles. The number of rotatable bonds is 13. The summed E-state index contributed by atoms with van der Waals surface area (Å²) < 4.78 is 20.3. The van der Waals surface area contributed by atoms with E-state index in [1.807, 2.05) is 35.2 Å². The van der Waals surface area contributed by atoms with Gasteiger partial charge in [0.15, 0.2) is 11.6 Å². The summed E-state index contributed by atoms with van der Waals surface area (Å²) in [6.45, 7) is 3.28. The van der Waals surface area contributed by atoms with Crippen molar-refractivity contribution in [3.63, 3.8) is 0 Å². The predicted molar refractivity (Wildman–Crippen MR) is 134 cm³/mol. The molecule has 0 heterocycles. The zero-order valence-electron chi connectivity index (χ0n) is 20.1. The molecule has 6 heteroatoms. The van der Waals surface area contributed by atoms with Crippen LogP contribution in [0, 0.1) is 5.82 Å². The third kappa shape index (κ3) is 7.95. The second-order valence-electron chi connectivity index (χ2n) is 8.55. The Balaban J connectivity index is 1.64. The number of ether oxygens (including phenoxy) is 1. The van der Waals surface area contributed by atoms with Gasteiger partial charge >= 0.3 is 5.97 Å². The molecule has 0 fully saturated rings. The van der Waals surface area contributed by atoms with Crippen LogP contribution in [0.2, 0.25) is 0 Å². The van der Waals surface area contributed by atoms with Crippen LogP contribution in [0.4, 0.5) is 4.39 Å². The first kappa shape index (κ1) is 25.9. The van der Waals surface area contributed by atoms with Gasteiger partial charge in [0.1, 0.15) is 6.61 Å². The standard InChI is InChI=1S/C29H32FNO4/c1-2-3-4-10-17-31(20-22-11-6-5-7-12-22)28(32)19-23-15-16-27(26(30)18-23)35-21-24-13-8-9-14-25(24)29(33)34/h5-9,11-16,18H,2-4,10,17,19-21H2,1H3,(H,33,34). The fourth-order valence-corrected chi connectivity index (χ4v) is 3.89. The van der Waals surface area contributed by atoms with Gasteiger partial charge in [0.05, 0.1) is 12.0 Å². The lowest BCUT2D eigenvalue weighted by atomic mass is 10.1. The summed E-state index contributed by atoms with van der Waals surface area (Å²) in [5, 5.41) is 9.29. The number of hydrogen-bond acceptors (Lipinski definition) is 3. The summed E-state index contributed by atoms with van der Waals surface area (Å²) in [5.74, 6) is -1.68. The predicted octanol–water partition coefficient (Wildman–Crippen LogP) is 6.25. The van der Waals surface area contributed by atoms with Gasteiger partial charge in [0, 0.05) is 18.7 Å². The van der Waals surface area contributed by atoms with Crippen LogP contribution in [0.5, 0.6) is 5.75 Å². The number of carboxylic acid groups (broad SMARTS) is 1. The molecule has 1 N–H and O–H groups in total. The van der Waals surface area contributed by atoms with Crippen molar-refractivity contribution in [3.8, 4) is 5.75 Å². The van der Waals surface area contributed by atoms with E-state index in [0.29, 0.717) is 24.2 Å². The van der Waals surface area contributed by atoms with Crippen LogP contribution in [0.3, 0.4) is 0 Å². The Labute approximate surface area is 206 Å². The number of amides is 1. The number of halogens is 1. The molecule has 0 aliphatic heterocycles. The second-order valence-corrected chi connectivity index (χ2v) is 8.55. The summed E-state index contributed by atoms with van der Waals surface area (Å²) in [6, 6.07) is 20.8. The highest BCUT2D eigenvalue weighted by atomic mass is 19.1. The highest BCUT2D eigenvalue weighted by molar-refractivity contribution is 5.89. The van der Waals surface area contributed by atoms with Crippen LogP contribution in [-0.2, 0) is 24.4 Å². The van der Waals surface area contributed by atoms with Gasteiger partial charge in [-0.05, 0) is 35.7 Å². The molecular formula is C29H32FNO4. The normalized spacial score (nSPS) is 10.7. The molecule has 5 nitrogen and oxygen atoms in total. The molecule has 35 heavy (non-hydrogen) atoms. The van der Waals surface area contributed by atoms with Gasteiger partial charge in [-0.2, -0.15) is 0 Å². The molecule has 3 rings (SSSR count). The van der Waals surface area contributed by atoms with Crippen LogP contribution in [0.15, 0.2) is 72.8 Å². The van der Waals surface area contributed by atoms with Gasteiger partial charge in [-0.25, -0.2) is 9.18 Å². The van der Waals surface area contributed by atoms with Crippen molar-refractivity contribution in [2.24, 2.45) is 0 Å². The van der Waals surface area contributed by atoms with Crippen LogP contribution < -0.4 is 4.74 Å². The summed E-state index contributed by atoms with van der Waals surface area (Å²) in [4.78, 5) is 26.3. The number of unbranched alkanes of at least 4 members (excludes halogenated alkanes) is 3. The molecule has 0 aliphatic rings. The maximum atomic E-state index is 14.7. The molecule has 0 unspecified atom stereocenters. The monoisotopic (exact) mass is 477 g/mol. The van der Waals surface area contributed by atoms with E-state index in [4.69, 9.17) is 4.74 Å². The van der Waals surface area contributed by atoms with Crippen molar-refractivity contribution >= 4 is 11.9 Å². The average Bonchev–Trinajstić information content (AvgIpc) is 2.86. The molecule has 1 amide bonds. The van der Waals surface area contributed by atoms with E-state index in [9.17, 15) is 19.1 Å². The Bertz CT molecular complexity index is 1120. The zero-order valence-corrected chi connectivity index (χ0v) is 20.1. The van der Waals surface area contributed by atoms with Crippen LogP contribution in [-0.4, -0.2) is 28.4 Å². The molecule has 0 saturated heterocycles. The fraction of sp³-hybridized carbons (Fsp3) is 0.310. The average molecular weight is 478 g/mol. The molecule has 0 atom stereocenters. The summed E-state index contributed by atoms with van der Waals surface area (Å²) in [6.07, 6.45) is 4.37. The van der Waals surface area contributed by atoms with Gasteiger partial charge in [0.2, 0.25) is 5.91 Å². The lowest BCUT2D eigenvalue weighted by molar-refractivity contribution is -0.131. The van der Waals surface area contributed by atoms with Crippen LogP contribution in [0.25, 0.3) is 0 Å². The Morgan fingerprint density at radius 2 is 1.66 bits per heavy atom. The first-order valence-corrected chi connectivity index (χ1v) is 12.0. The molecule has 3 aromatic carbocycles. The van der Waals surface area contributed by atoms with Gasteiger partial charge in [0.25, 0.3) is 0 Å². The third-order valence-corrected chi connectivity index (χ3v) is 5.83. The Morgan fingerprint density at radius 3 is 2.37 bits per heavy atom. The maximum absolute atomic E-state index is 14.7. The van der Waals surface area contributed by atoms with E-state index in [0.717, 1.165) is 31.2 Å². The first-order chi connectivity index (χ1) is 17.0. The summed E-state index contributed by atoms with van der Waals surface area (Å²) in [5.41, 5.74) is 2.20. The van der Waals surface area contributed by atoms with E-state index in [2.05, 4.69) is 6.92 Å². The number of carbonyl (C=O) groups excluding carboxylic acids is 1. The number of benzene rings is 3. The smallest absolute Gasteiger partial charge is 0.336 e. The van der Waals surface area contributed by atoms with Crippen LogP contribution in [0.1, 0.15) is 59.7 Å². The van der Waals surface area contributed by atoms with Gasteiger partial charge in [-0.3, -0.25) is 4.79 Å². The minimum Gasteiger partial charge on any atom is -0.486 e. The van der Waals surface area contributed by atoms with E-state index in [-0.39, 0.29) is 30.2 Å². The lowest BCUT2D eigenvalue weighted by Crippen LogP contribution is -2.32. The number of carboxylic acids is 1. The molecule has 0 aliphatic carbocycles. The van der Waals surface area contributed by atoms with Gasteiger partial charge < -0.3 is 14.7 Å². The molecule has 0 radical (unpaired) electrons. The summed E-state index contributed by atoms with van der Waals surface area (Å²) >= 11 is 0. The van der Waals surface area contributed by atoms with E-state index in [1.165, 1.54) is 18.2 Å². The molecule has 184 valence electrons. The minimum atomic E-state index is -1.06. The first-order valence-electron chi connectivity index (χ1n) is 12.0. The lowest BCUT2D eigenvalue weighted by Gasteiger charge is -2.23. The van der Waals surface area contributed by atoms with Crippen molar-refractivity contribution in [2.75, 3.05) is 6.54 Å². The molecule has 3 aromatic rings. The largest absolute Gasteiger partial charge is 0.486 e. The van der Waals surface area contributed by atoms with Crippen LogP contribution >= 0.6 is 0 Å². The Kier molecular flexibility index (Phi) is 9.84. The number of aromatic carboxylic acids is 1. The third-order valence-electron chi connectivity index (χ3n) is 5.83. The van der Waals surface area contributed by atoms with E-state index >= 15 is 0 Å². The topological polar surface area (TPSA) is 66.8 Å². The van der Waals surface area contributed by atoms with Crippen molar-refractivity contribution in [3.05, 3.63) is 101 Å². The highest BCUT2D eigenvalue weighted by Crippen LogP contribution is 2.22. The van der Waals surface area contributed by atoms with Crippen molar-refractivity contribution in [2.45, 2.75) is 52.2 Å². The van der Waals surface area contributed by atoms with Crippen molar-refractivity contribution in [1.29, 1.82) is 0 Å². The van der Waals surface area contributed by atoms with Crippen molar-refractivity contribution in [1.82, 2.24) is 4.90 Å². The minimum absolute atomic E-state index is 0.0158. The Morgan fingerprint density at radius 1 is 0.914 bits per heavy atom. The molecule has 0 spiro atoms. The second kappa shape index (κ2) is 13.3. The molecular weight excluding hydrogens is 445 g/mol. The summed E-state index contributed by atoms with van der Waals surface area (Å²) in [7, 11) is 0. The number of nitrogens with zero attached hydrogens (tertiary/aromatic N) is 1. The molecule has 0 aromatic heterocycles. The van der Waals surface area contributed by atoms with Gasteiger partial charge in [-0.15, -0.1) is 0 Å². The maximum Gasteiger partial charge on any atom is 0.336 e. The SMILES string of the molecule is CCCCCCN(Cc1ccccc1)C(=O)Cc1ccc(OCc2ccccc2C(=O)O)c(F)c1. The highest BCUT2D eigenvalue weighted by Gasteiger charge is 2.16. The van der Waals surface area contributed by atoms with Gasteiger partial charge in [-0.1, -0.05) is 80.8 Å². The quantitative estimate of drug-likeness (QED) is 0.295. The van der Waals surface area contributed by atoms with Crippen molar-refractivity contribution < 1.29 is 23.8 Å². The van der Waals surface area contributed by atoms with E-state index in [1.54, 1.807) is 24.3 Å². The zero-order chi connectivity index (χ0) is 25.0. The number of carbonyl (C=O) groups is 2. The Hall–Kier alpha value is -3.67. The molecule has 0 bridgehead atoms. The fourth-order valence-electron chi connectivity index (χ4n) is 3.89. The van der Waals surface area contributed by atoms with E-state index < -0.39 is 11.8 Å².